The first-order valence-corrected chi connectivity index (χ1v) is 9.47. The first-order valence-electron chi connectivity index (χ1n) is 9.47. The van der Waals surface area contributed by atoms with Gasteiger partial charge in [-0.2, -0.15) is 0 Å². The molecule has 0 aliphatic carbocycles. The fourth-order valence-corrected chi connectivity index (χ4v) is 2.84. The van der Waals surface area contributed by atoms with Crippen LogP contribution in [0.5, 0.6) is 0 Å². The van der Waals surface area contributed by atoms with Crippen molar-refractivity contribution in [3.05, 3.63) is 0 Å². The number of ether oxygens (including phenoxy) is 2. The van der Waals surface area contributed by atoms with Gasteiger partial charge in [0, 0.05) is 0 Å². The highest BCUT2D eigenvalue weighted by Crippen LogP contribution is 2.17. The first kappa shape index (κ1) is 21.3. The topological polar surface area (TPSA) is 35.5 Å². The third-order valence-electron chi connectivity index (χ3n) is 4.20. The molecule has 0 radical (unpaired) electrons. The summed E-state index contributed by atoms with van der Waals surface area (Å²) in [6.45, 7) is 9.78. The van der Waals surface area contributed by atoms with Crippen molar-refractivity contribution in [1.82, 2.24) is 0 Å². The van der Waals surface area contributed by atoms with Crippen molar-refractivity contribution in [3.8, 4) is 0 Å². The van der Waals surface area contributed by atoms with Crippen LogP contribution in [0, 0.1) is 11.8 Å². The van der Waals surface area contributed by atoms with Crippen LogP contribution in [-0.2, 0) is 9.47 Å². The zero-order chi connectivity index (χ0) is 16.6. The molecule has 0 aromatic rings. The van der Waals surface area contributed by atoms with Crippen molar-refractivity contribution in [2.45, 2.75) is 91.9 Å². The second kappa shape index (κ2) is 15.2. The maximum absolute atomic E-state index is 11.8. The highest BCUT2D eigenvalue weighted by atomic mass is 16.7. The van der Waals surface area contributed by atoms with Crippen LogP contribution in [0.4, 0.5) is 4.79 Å². The van der Waals surface area contributed by atoms with E-state index in [9.17, 15) is 4.79 Å². The average Bonchev–Trinajstić information content (AvgIpc) is 2.52. The lowest BCUT2D eigenvalue weighted by Gasteiger charge is -2.18. The Bertz CT molecular complexity index is 229. The van der Waals surface area contributed by atoms with Gasteiger partial charge >= 0.3 is 6.16 Å². The molecular weight excluding hydrogens is 276 g/mol. The highest BCUT2D eigenvalue weighted by Gasteiger charge is 2.14. The predicted octanol–water partition coefficient (Wildman–Crippen LogP) is 6.35. The van der Waals surface area contributed by atoms with Crippen LogP contribution in [0.2, 0.25) is 0 Å². The molecule has 0 fully saturated rings. The van der Waals surface area contributed by atoms with Gasteiger partial charge in [0.2, 0.25) is 0 Å². The van der Waals surface area contributed by atoms with E-state index in [1.54, 1.807) is 0 Å². The van der Waals surface area contributed by atoms with E-state index < -0.39 is 6.16 Å². The smallest absolute Gasteiger partial charge is 0.434 e. The van der Waals surface area contributed by atoms with Crippen LogP contribution in [0.15, 0.2) is 0 Å². The summed E-state index contributed by atoms with van der Waals surface area (Å²) in [7, 11) is 0. The summed E-state index contributed by atoms with van der Waals surface area (Å²) in [6.07, 6.45) is 11.2. The molecule has 0 N–H and O–H groups in total. The summed E-state index contributed by atoms with van der Waals surface area (Å²) in [5.74, 6) is 0.980. The van der Waals surface area contributed by atoms with Crippen LogP contribution in [0.3, 0.4) is 0 Å². The summed E-state index contributed by atoms with van der Waals surface area (Å²) < 4.78 is 10.7. The molecule has 0 saturated heterocycles. The van der Waals surface area contributed by atoms with Crippen LogP contribution in [0.1, 0.15) is 91.9 Å². The van der Waals surface area contributed by atoms with Crippen molar-refractivity contribution in [3.63, 3.8) is 0 Å². The zero-order valence-corrected chi connectivity index (χ0v) is 15.4. The van der Waals surface area contributed by atoms with E-state index in [1.165, 1.54) is 25.7 Å². The summed E-state index contributed by atoms with van der Waals surface area (Å²) in [4.78, 5) is 11.8. The Morgan fingerprint density at radius 3 is 1.41 bits per heavy atom. The molecule has 0 amide bonds. The van der Waals surface area contributed by atoms with Gasteiger partial charge in [0.25, 0.3) is 0 Å². The van der Waals surface area contributed by atoms with E-state index in [1.807, 2.05) is 0 Å². The molecule has 0 aliphatic rings. The summed E-state index contributed by atoms with van der Waals surface area (Å²) in [5.41, 5.74) is 0. The summed E-state index contributed by atoms with van der Waals surface area (Å²) >= 11 is 0. The minimum atomic E-state index is -0.477. The zero-order valence-electron chi connectivity index (χ0n) is 15.4. The van der Waals surface area contributed by atoms with Crippen LogP contribution in [-0.4, -0.2) is 19.4 Å². The third-order valence-corrected chi connectivity index (χ3v) is 4.20. The summed E-state index contributed by atoms with van der Waals surface area (Å²) in [6, 6.07) is 0. The van der Waals surface area contributed by atoms with E-state index in [4.69, 9.17) is 9.47 Å². The van der Waals surface area contributed by atoms with Crippen LogP contribution < -0.4 is 0 Å². The standard InChI is InChI=1S/C19H38O3/c1-5-9-13-17(11-7-3)15-21-19(20)22-16-18(12-8-4)14-10-6-2/h17-18H,5-16H2,1-4H3. The van der Waals surface area contributed by atoms with Gasteiger partial charge in [0.15, 0.2) is 0 Å². The lowest BCUT2D eigenvalue weighted by molar-refractivity contribution is 0.0305. The van der Waals surface area contributed by atoms with Crippen molar-refractivity contribution in [2.75, 3.05) is 13.2 Å². The van der Waals surface area contributed by atoms with Gasteiger partial charge in [-0.3, -0.25) is 0 Å². The SMILES string of the molecule is CCCCC(CCC)COC(=O)OCC(CCC)CCCC. The Balaban J connectivity index is 3.97. The first-order chi connectivity index (χ1) is 10.7. The lowest BCUT2D eigenvalue weighted by atomic mass is 9.98. The monoisotopic (exact) mass is 314 g/mol. The number of unbranched alkanes of at least 4 members (excludes halogenated alkanes) is 2. The molecule has 0 heterocycles. The normalized spacial score (nSPS) is 13.6. The maximum atomic E-state index is 11.8. The molecule has 0 saturated carbocycles. The molecule has 3 nitrogen and oxygen atoms in total. The van der Waals surface area contributed by atoms with Gasteiger partial charge in [-0.15, -0.1) is 0 Å². The molecule has 0 spiro atoms. The second-order valence-corrected chi connectivity index (χ2v) is 6.47. The molecule has 0 rings (SSSR count). The highest BCUT2D eigenvalue weighted by molar-refractivity contribution is 5.59. The van der Waals surface area contributed by atoms with E-state index in [0.29, 0.717) is 25.0 Å². The van der Waals surface area contributed by atoms with E-state index >= 15 is 0 Å². The Kier molecular flexibility index (Phi) is 14.7. The molecule has 2 unspecified atom stereocenters. The Morgan fingerprint density at radius 1 is 0.682 bits per heavy atom. The van der Waals surface area contributed by atoms with Gasteiger partial charge in [-0.25, -0.2) is 4.79 Å². The van der Waals surface area contributed by atoms with Gasteiger partial charge in [-0.05, 0) is 37.5 Å². The second-order valence-electron chi connectivity index (χ2n) is 6.47. The van der Waals surface area contributed by atoms with Crippen molar-refractivity contribution in [2.24, 2.45) is 11.8 Å². The Morgan fingerprint density at radius 2 is 1.09 bits per heavy atom. The van der Waals surface area contributed by atoms with Gasteiger partial charge in [-0.1, -0.05) is 66.2 Å². The molecule has 0 bridgehead atoms. The number of hydrogen-bond acceptors (Lipinski definition) is 3. The number of hydrogen-bond donors (Lipinski definition) is 0. The quantitative estimate of drug-likeness (QED) is 0.350. The molecule has 22 heavy (non-hydrogen) atoms. The third kappa shape index (κ3) is 11.9. The van der Waals surface area contributed by atoms with Gasteiger partial charge < -0.3 is 9.47 Å². The fourth-order valence-electron chi connectivity index (χ4n) is 2.84. The fraction of sp³-hybridized carbons (Fsp3) is 0.947. The minimum absolute atomic E-state index is 0.477. The molecule has 0 aromatic carbocycles. The average molecular weight is 315 g/mol. The predicted molar refractivity (Wildman–Crippen MR) is 93.1 cm³/mol. The Labute approximate surface area is 138 Å². The molecule has 132 valence electrons. The van der Waals surface area contributed by atoms with Gasteiger partial charge in [0.1, 0.15) is 0 Å². The van der Waals surface area contributed by atoms with Crippen molar-refractivity contribution < 1.29 is 14.3 Å². The summed E-state index contributed by atoms with van der Waals surface area (Å²) in [5, 5.41) is 0. The van der Waals surface area contributed by atoms with Crippen LogP contribution >= 0.6 is 0 Å². The lowest BCUT2D eigenvalue weighted by Crippen LogP contribution is -2.18. The van der Waals surface area contributed by atoms with Crippen molar-refractivity contribution >= 4 is 6.16 Å². The van der Waals surface area contributed by atoms with E-state index in [2.05, 4.69) is 27.7 Å². The Hall–Kier alpha value is -0.730. The number of carbonyl (C=O) groups excluding carboxylic acids is 1. The number of rotatable bonds is 14. The van der Waals surface area contributed by atoms with Crippen LogP contribution in [0.25, 0.3) is 0 Å². The molecular formula is C19H38O3. The number of carbonyl (C=O) groups is 1. The van der Waals surface area contributed by atoms with E-state index in [0.717, 1.165) is 38.5 Å². The molecule has 2 atom stereocenters. The van der Waals surface area contributed by atoms with Gasteiger partial charge in [0.05, 0.1) is 13.2 Å². The maximum Gasteiger partial charge on any atom is 0.508 e. The molecule has 0 aliphatic heterocycles. The van der Waals surface area contributed by atoms with E-state index in [-0.39, 0.29) is 0 Å². The van der Waals surface area contributed by atoms with Crippen molar-refractivity contribution in [1.29, 1.82) is 0 Å². The largest absolute Gasteiger partial charge is 0.508 e. The molecule has 0 aromatic heterocycles. The molecule has 3 heteroatoms. The minimum Gasteiger partial charge on any atom is -0.434 e.